The molecule has 2 heterocycles. The topological polar surface area (TPSA) is 87.5 Å². The lowest BCUT2D eigenvalue weighted by atomic mass is 9.73. The number of carbonyl (C=O) groups is 3. The third-order valence-electron chi connectivity index (χ3n) is 6.51. The molecule has 2 unspecified atom stereocenters. The van der Waals surface area contributed by atoms with E-state index < -0.39 is 11.6 Å². The second-order valence-electron chi connectivity index (χ2n) is 8.72. The number of hydrogen-bond acceptors (Lipinski definition) is 4. The van der Waals surface area contributed by atoms with E-state index in [1.165, 1.54) is 4.90 Å². The van der Waals surface area contributed by atoms with Gasteiger partial charge in [0.05, 0.1) is 12.7 Å². The van der Waals surface area contributed by atoms with Crippen LogP contribution in [0.1, 0.15) is 43.7 Å². The number of imide groups is 1. The average Bonchev–Trinajstić information content (AvgIpc) is 3.28. The predicted octanol–water partition coefficient (Wildman–Crippen LogP) is 2.39. The Morgan fingerprint density at radius 1 is 1.23 bits per heavy atom. The van der Waals surface area contributed by atoms with Gasteiger partial charge in [0.2, 0.25) is 5.91 Å². The van der Waals surface area contributed by atoms with Crippen LogP contribution in [0.4, 0.5) is 4.79 Å². The van der Waals surface area contributed by atoms with Crippen LogP contribution in [0.5, 0.6) is 0 Å². The summed E-state index contributed by atoms with van der Waals surface area (Å²) in [6.45, 7) is 2.77. The highest BCUT2D eigenvalue weighted by Gasteiger charge is 2.55. The number of urea groups is 1. The summed E-state index contributed by atoms with van der Waals surface area (Å²) in [7, 11) is 1.67. The Kier molecular flexibility index (Phi) is 5.80. The van der Waals surface area contributed by atoms with Gasteiger partial charge in [0.25, 0.3) is 5.91 Å². The summed E-state index contributed by atoms with van der Waals surface area (Å²) in [5, 5.41) is 7.26. The van der Waals surface area contributed by atoms with E-state index >= 15 is 0 Å². The fraction of sp³-hybridized carbons (Fsp3) is 0.478. The third kappa shape index (κ3) is 4.19. The van der Waals surface area contributed by atoms with E-state index in [-0.39, 0.29) is 24.3 Å². The zero-order chi connectivity index (χ0) is 22.0. The number of benzene rings is 1. The number of nitrogens with zero attached hydrogens (tertiary/aromatic N) is 4. The molecule has 8 heteroatoms. The monoisotopic (exact) mass is 423 g/mol. The van der Waals surface area contributed by atoms with Gasteiger partial charge < -0.3 is 10.2 Å². The van der Waals surface area contributed by atoms with Gasteiger partial charge >= 0.3 is 6.03 Å². The molecule has 1 saturated carbocycles. The van der Waals surface area contributed by atoms with Crippen LogP contribution in [0.2, 0.25) is 0 Å². The van der Waals surface area contributed by atoms with E-state index in [2.05, 4.69) is 10.4 Å². The minimum absolute atomic E-state index is 0.0750. The van der Waals surface area contributed by atoms with E-state index in [0.29, 0.717) is 19.5 Å². The molecule has 1 spiro atoms. The van der Waals surface area contributed by atoms with Gasteiger partial charge in [-0.2, -0.15) is 5.10 Å². The number of carbonyl (C=O) groups excluding carboxylic acids is 3. The van der Waals surface area contributed by atoms with Crippen molar-refractivity contribution in [2.45, 2.75) is 51.2 Å². The molecule has 2 aromatic rings. The predicted molar refractivity (Wildman–Crippen MR) is 115 cm³/mol. The molecule has 2 fully saturated rings. The van der Waals surface area contributed by atoms with Crippen LogP contribution in [0.15, 0.2) is 42.7 Å². The van der Waals surface area contributed by atoms with Crippen LogP contribution in [0, 0.1) is 5.92 Å². The Bertz CT molecular complexity index is 973. The molecule has 0 bridgehead atoms. The first kappa shape index (κ1) is 21.1. The largest absolute Gasteiger partial charge is 0.340 e. The van der Waals surface area contributed by atoms with E-state index in [1.807, 2.05) is 48.1 Å². The maximum Gasteiger partial charge on any atom is 0.325 e. The zero-order valence-corrected chi connectivity index (χ0v) is 18.1. The first-order valence-electron chi connectivity index (χ1n) is 10.8. The van der Waals surface area contributed by atoms with Gasteiger partial charge in [0.1, 0.15) is 12.1 Å². The minimum atomic E-state index is -0.841. The van der Waals surface area contributed by atoms with Gasteiger partial charge in [-0.1, -0.05) is 50.1 Å². The molecule has 1 saturated heterocycles. The highest BCUT2D eigenvalue weighted by Crippen LogP contribution is 2.38. The average molecular weight is 424 g/mol. The molecule has 164 valence electrons. The van der Waals surface area contributed by atoms with E-state index in [0.717, 1.165) is 35.3 Å². The number of likely N-dealkylation sites (N-methyl/N-ethyl adjacent to an activating group) is 1. The van der Waals surface area contributed by atoms with E-state index in [9.17, 15) is 14.4 Å². The molecule has 1 N–H and O–H groups in total. The molecule has 1 aliphatic heterocycles. The molecular formula is C23H29N5O3. The van der Waals surface area contributed by atoms with Crippen molar-refractivity contribution in [3.63, 3.8) is 0 Å². The van der Waals surface area contributed by atoms with Crippen molar-refractivity contribution < 1.29 is 14.4 Å². The van der Waals surface area contributed by atoms with Crippen LogP contribution >= 0.6 is 0 Å². The van der Waals surface area contributed by atoms with E-state index in [4.69, 9.17) is 0 Å². The minimum Gasteiger partial charge on any atom is -0.340 e. The first-order chi connectivity index (χ1) is 14.9. The van der Waals surface area contributed by atoms with Gasteiger partial charge in [0.15, 0.2) is 0 Å². The summed E-state index contributed by atoms with van der Waals surface area (Å²) in [4.78, 5) is 40.9. The van der Waals surface area contributed by atoms with Crippen molar-refractivity contribution in [2.24, 2.45) is 5.92 Å². The molecular weight excluding hydrogens is 394 g/mol. The Balaban J connectivity index is 1.36. The number of amides is 4. The van der Waals surface area contributed by atoms with Gasteiger partial charge in [-0.15, -0.1) is 0 Å². The highest BCUT2D eigenvalue weighted by atomic mass is 16.2. The highest BCUT2D eigenvalue weighted by molar-refractivity contribution is 6.09. The van der Waals surface area contributed by atoms with Gasteiger partial charge in [-0.3, -0.25) is 19.2 Å². The lowest BCUT2D eigenvalue weighted by molar-refractivity contribution is -0.140. The molecule has 2 aliphatic rings. The summed E-state index contributed by atoms with van der Waals surface area (Å²) in [5.41, 5.74) is 1.19. The van der Waals surface area contributed by atoms with Crippen LogP contribution in [0.25, 0.3) is 0 Å². The summed E-state index contributed by atoms with van der Waals surface area (Å²) in [6, 6.07) is 9.56. The quantitative estimate of drug-likeness (QED) is 0.723. The van der Waals surface area contributed by atoms with Crippen molar-refractivity contribution in [2.75, 3.05) is 13.6 Å². The maximum absolute atomic E-state index is 13.1. The summed E-state index contributed by atoms with van der Waals surface area (Å²) in [5.74, 6) is -0.465. The SMILES string of the molecule is CC1CCCCC12NC(=O)N(CC(=O)N(C)Cc1cnn(Cc3ccccc3)c1)C2=O. The summed E-state index contributed by atoms with van der Waals surface area (Å²) in [6.07, 6.45) is 7.15. The van der Waals surface area contributed by atoms with Gasteiger partial charge in [0, 0.05) is 25.4 Å². The van der Waals surface area contributed by atoms with Crippen molar-refractivity contribution in [3.05, 3.63) is 53.9 Å². The molecule has 1 aromatic carbocycles. The summed E-state index contributed by atoms with van der Waals surface area (Å²) < 4.78 is 1.83. The molecule has 0 radical (unpaired) electrons. The fourth-order valence-electron chi connectivity index (χ4n) is 4.60. The van der Waals surface area contributed by atoms with E-state index in [1.54, 1.807) is 13.2 Å². The molecule has 4 rings (SSSR count). The number of rotatable bonds is 6. The number of aromatic nitrogens is 2. The smallest absolute Gasteiger partial charge is 0.325 e. The fourth-order valence-corrected chi connectivity index (χ4v) is 4.60. The Morgan fingerprint density at radius 2 is 2.00 bits per heavy atom. The zero-order valence-electron chi connectivity index (χ0n) is 18.1. The van der Waals surface area contributed by atoms with Crippen LogP contribution in [0.3, 0.4) is 0 Å². The third-order valence-corrected chi connectivity index (χ3v) is 6.51. The standard InChI is InChI=1S/C23H29N5O3/c1-17-8-6-7-11-23(17)21(30)28(22(31)25-23)16-20(29)26(2)13-19-12-24-27(15-19)14-18-9-4-3-5-10-18/h3-5,9-10,12,15,17H,6-8,11,13-14,16H2,1-2H3,(H,25,31). The second kappa shape index (κ2) is 8.53. The molecule has 2 atom stereocenters. The molecule has 4 amide bonds. The first-order valence-corrected chi connectivity index (χ1v) is 10.8. The molecule has 31 heavy (non-hydrogen) atoms. The van der Waals surface area contributed by atoms with Gasteiger partial charge in [-0.25, -0.2) is 4.79 Å². The van der Waals surface area contributed by atoms with Crippen molar-refractivity contribution in [1.29, 1.82) is 0 Å². The lowest BCUT2D eigenvalue weighted by Gasteiger charge is -2.36. The Hall–Kier alpha value is -3.16. The Labute approximate surface area is 182 Å². The molecule has 8 nitrogen and oxygen atoms in total. The van der Waals surface area contributed by atoms with Crippen LogP contribution in [-0.2, 0) is 22.7 Å². The molecule has 1 aliphatic carbocycles. The maximum atomic E-state index is 13.1. The second-order valence-corrected chi connectivity index (χ2v) is 8.72. The van der Waals surface area contributed by atoms with Crippen molar-refractivity contribution in [1.82, 2.24) is 24.9 Å². The number of nitrogens with one attached hydrogen (secondary N) is 1. The van der Waals surface area contributed by atoms with Crippen LogP contribution < -0.4 is 5.32 Å². The number of hydrogen-bond donors (Lipinski definition) is 1. The van der Waals surface area contributed by atoms with Crippen molar-refractivity contribution >= 4 is 17.8 Å². The summed E-state index contributed by atoms with van der Waals surface area (Å²) >= 11 is 0. The Morgan fingerprint density at radius 3 is 2.74 bits per heavy atom. The van der Waals surface area contributed by atoms with Crippen LogP contribution in [-0.4, -0.2) is 56.6 Å². The lowest BCUT2D eigenvalue weighted by Crippen LogP contribution is -2.54. The van der Waals surface area contributed by atoms with Gasteiger partial charge in [-0.05, 0) is 24.3 Å². The van der Waals surface area contributed by atoms with Crippen molar-refractivity contribution in [3.8, 4) is 0 Å². The normalized spacial score (nSPS) is 23.3. The molecule has 1 aromatic heterocycles.